The van der Waals surface area contributed by atoms with Gasteiger partial charge in [0.05, 0.1) is 5.56 Å². The number of ether oxygens (including phenoxy) is 2. The van der Waals surface area contributed by atoms with Gasteiger partial charge in [-0.1, -0.05) is 60.7 Å². The molecular weight excluding hydrogens is 560 g/mol. The third-order valence-electron chi connectivity index (χ3n) is 8.86. The molecule has 0 saturated carbocycles. The second-order valence-corrected chi connectivity index (χ2v) is 11.8. The van der Waals surface area contributed by atoms with E-state index in [1.54, 1.807) is 6.07 Å². The van der Waals surface area contributed by atoms with Crippen molar-refractivity contribution in [1.29, 1.82) is 0 Å². The number of nitrogens with zero attached hydrogens (tertiary/aromatic N) is 1. The van der Waals surface area contributed by atoms with Crippen LogP contribution in [0.5, 0.6) is 5.75 Å². The van der Waals surface area contributed by atoms with Crippen LogP contribution in [0, 0.1) is 11.8 Å². The van der Waals surface area contributed by atoms with Crippen LogP contribution in [0.25, 0.3) is 0 Å². The number of hydrogen-bond donors (Lipinski definition) is 3. The summed E-state index contributed by atoms with van der Waals surface area (Å²) in [6.07, 6.45) is 0.575. The topological polar surface area (TPSA) is 139 Å². The fourth-order valence-corrected chi connectivity index (χ4v) is 6.72. The van der Waals surface area contributed by atoms with Crippen molar-refractivity contribution in [2.75, 3.05) is 19.0 Å². The molecule has 3 aromatic rings. The van der Waals surface area contributed by atoms with Crippen molar-refractivity contribution in [2.45, 2.75) is 38.1 Å². The number of benzene rings is 3. The zero-order chi connectivity index (χ0) is 31.2. The monoisotopic (exact) mass is 594 g/mol. The fraction of sp³-hybridized carbons (Fsp3) is 0.286. The Balaban J connectivity index is 1.40. The number of carbonyl (C=O) groups excluding carboxylic acids is 3. The Bertz CT molecular complexity index is 1710. The van der Waals surface area contributed by atoms with Crippen LogP contribution < -0.4 is 15.4 Å². The molecule has 0 heterocycles. The van der Waals surface area contributed by atoms with Crippen LogP contribution in [0.15, 0.2) is 95.5 Å². The summed E-state index contributed by atoms with van der Waals surface area (Å²) in [5.41, 5.74) is 6.21. The number of rotatable bonds is 8. The highest BCUT2D eigenvalue weighted by molar-refractivity contribution is 6.24. The lowest BCUT2D eigenvalue weighted by molar-refractivity contribution is -0.144. The summed E-state index contributed by atoms with van der Waals surface area (Å²) in [5, 5.41) is 23.5. The summed E-state index contributed by atoms with van der Waals surface area (Å²) >= 11 is 0. The first-order chi connectivity index (χ1) is 21.1. The van der Waals surface area contributed by atoms with E-state index in [2.05, 4.69) is 0 Å². The van der Waals surface area contributed by atoms with Gasteiger partial charge in [-0.2, -0.15) is 0 Å². The van der Waals surface area contributed by atoms with E-state index in [1.807, 2.05) is 85.7 Å². The quantitative estimate of drug-likeness (QED) is 0.330. The van der Waals surface area contributed by atoms with Gasteiger partial charge in [0.15, 0.2) is 11.4 Å². The molecule has 9 nitrogen and oxygen atoms in total. The SMILES string of the molecule is CN(C)c1ccc(OCc2ccccc2)c2c1C[C@H]1C[C@H]3CC(OCc4ccccc4)=C(C(N)=O)C(=O)[C@@]3(O)C(O)=C1C2=O. The maximum atomic E-state index is 14.3. The van der Waals surface area contributed by atoms with E-state index in [4.69, 9.17) is 15.2 Å². The highest BCUT2D eigenvalue weighted by Gasteiger charge is 2.60. The molecule has 0 aliphatic heterocycles. The molecule has 6 rings (SSSR count). The van der Waals surface area contributed by atoms with E-state index in [9.17, 15) is 24.6 Å². The number of nitrogens with two attached hydrogens (primary N) is 1. The summed E-state index contributed by atoms with van der Waals surface area (Å²) in [5.74, 6) is -4.29. The van der Waals surface area contributed by atoms with Gasteiger partial charge in [-0.15, -0.1) is 0 Å². The minimum absolute atomic E-state index is 0.0109. The molecule has 0 unspecified atom stereocenters. The summed E-state index contributed by atoms with van der Waals surface area (Å²) in [4.78, 5) is 42.5. The van der Waals surface area contributed by atoms with E-state index >= 15 is 0 Å². The Kier molecular flexibility index (Phi) is 7.51. The summed E-state index contributed by atoms with van der Waals surface area (Å²) in [7, 11) is 3.78. The van der Waals surface area contributed by atoms with Crippen LogP contribution in [0.2, 0.25) is 0 Å². The number of aliphatic hydroxyl groups is 2. The average Bonchev–Trinajstić information content (AvgIpc) is 3.01. The van der Waals surface area contributed by atoms with Crippen molar-refractivity contribution >= 4 is 23.2 Å². The molecular formula is C35H34N2O7. The average molecular weight is 595 g/mol. The van der Waals surface area contributed by atoms with Gasteiger partial charge in [-0.05, 0) is 47.6 Å². The molecule has 0 saturated heterocycles. The van der Waals surface area contributed by atoms with Crippen molar-refractivity contribution in [3.8, 4) is 5.75 Å². The number of hydrogen-bond acceptors (Lipinski definition) is 8. The molecule has 0 fully saturated rings. The van der Waals surface area contributed by atoms with E-state index in [-0.39, 0.29) is 43.0 Å². The number of Topliss-reactive ketones (excluding diaryl/α,β-unsaturated/α-hetero) is 2. The molecule has 3 aliphatic rings. The smallest absolute Gasteiger partial charge is 0.255 e. The van der Waals surface area contributed by atoms with Crippen molar-refractivity contribution < 1.29 is 34.1 Å². The van der Waals surface area contributed by atoms with Crippen molar-refractivity contribution in [3.05, 3.63) is 118 Å². The Labute approximate surface area is 255 Å². The van der Waals surface area contributed by atoms with E-state index in [1.165, 1.54) is 0 Å². The van der Waals surface area contributed by atoms with Crippen molar-refractivity contribution in [1.82, 2.24) is 0 Å². The second-order valence-electron chi connectivity index (χ2n) is 11.8. The third-order valence-corrected chi connectivity index (χ3v) is 8.86. The molecule has 44 heavy (non-hydrogen) atoms. The molecule has 9 heteroatoms. The van der Waals surface area contributed by atoms with E-state index in [0.29, 0.717) is 12.2 Å². The van der Waals surface area contributed by atoms with Crippen LogP contribution in [0.1, 0.15) is 39.9 Å². The van der Waals surface area contributed by atoms with Crippen LogP contribution in [0.3, 0.4) is 0 Å². The highest BCUT2D eigenvalue weighted by Crippen LogP contribution is 2.52. The van der Waals surface area contributed by atoms with Gasteiger partial charge in [-0.3, -0.25) is 14.4 Å². The maximum Gasteiger partial charge on any atom is 0.255 e. The Morgan fingerprint density at radius 1 is 0.932 bits per heavy atom. The molecule has 0 radical (unpaired) electrons. The summed E-state index contributed by atoms with van der Waals surface area (Å²) in [6.45, 7) is 0.311. The van der Waals surface area contributed by atoms with Gasteiger partial charge in [-0.25, -0.2) is 0 Å². The lowest BCUT2D eigenvalue weighted by Gasteiger charge is -2.46. The highest BCUT2D eigenvalue weighted by atomic mass is 16.5. The lowest BCUT2D eigenvalue weighted by Crippen LogP contribution is -2.57. The van der Waals surface area contributed by atoms with Crippen LogP contribution in [-0.2, 0) is 34.0 Å². The zero-order valence-electron chi connectivity index (χ0n) is 24.6. The molecule has 1 amide bonds. The van der Waals surface area contributed by atoms with Gasteiger partial charge < -0.3 is 30.3 Å². The molecule has 226 valence electrons. The lowest BCUT2D eigenvalue weighted by atomic mass is 9.60. The Hall–Kier alpha value is -4.89. The maximum absolute atomic E-state index is 14.3. The number of aliphatic hydroxyl groups excluding tert-OH is 1. The van der Waals surface area contributed by atoms with Gasteiger partial charge in [0.25, 0.3) is 5.91 Å². The first-order valence-electron chi connectivity index (χ1n) is 14.6. The van der Waals surface area contributed by atoms with E-state index in [0.717, 1.165) is 22.4 Å². The number of ketones is 2. The van der Waals surface area contributed by atoms with Gasteiger partial charge in [0.2, 0.25) is 5.78 Å². The normalized spacial score (nSPS) is 22.6. The summed E-state index contributed by atoms with van der Waals surface area (Å²) < 4.78 is 12.1. The summed E-state index contributed by atoms with van der Waals surface area (Å²) in [6, 6.07) is 22.4. The zero-order valence-corrected chi connectivity index (χ0v) is 24.6. The van der Waals surface area contributed by atoms with Crippen LogP contribution in [-0.4, -0.2) is 47.4 Å². The third kappa shape index (κ3) is 4.83. The molecule has 3 aliphatic carbocycles. The minimum atomic E-state index is -2.49. The minimum Gasteiger partial charge on any atom is -0.508 e. The fourth-order valence-electron chi connectivity index (χ4n) is 6.72. The Morgan fingerprint density at radius 3 is 2.14 bits per heavy atom. The predicted octanol–water partition coefficient (Wildman–Crippen LogP) is 4.18. The largest absolute Gasteiger partial charge is 0.508 e. The Morgan fingerprint density at radius 2 is 1.55 bits per heavy atom. The number of amides is 1. The van der Waals surface area contributed by atoms with Crippen LogP contribution >= 0.6 is 0 Å². The molecule has 0 bridgehead atoms. The number of allylic oxidation sites excluding steroid dienone is 2. The van der Waals surface area contributed by atoms with Crippen LogP contribution in [0.4, 0.5) is 5.69 Å². The molecule has 0 spiro atoms. The molecule has 3 aromatic carbocycles. The first-order valence-corrected chi connectivity index (χ1v) is 14.6. The van der Waals surface area contributed by atoms with Crippen molar-refractivity contribution in [2.24, 2.45) is 17.6 Å². The first kappa shape index (κ1) is 29.2. The number of anilines is 1. The molecule has 0 aromatic heterocycles. The second kappa shape index (κ2) is 11.3. The van der Waals surface area contributed by atoms with Gasteiger partial charge in [0.1, 0.15) is 36.1 Å². The molecule has 4 N–H and O–H groups in total. The van der Waals surface area contributed by atoms with Gasteiger partial charge in [0, 0.05) is 37.7 Å². The van der Waals surface area contributed by atoms with E-state index < -0.39 is 46.2 Å². The van der Waals surface area contributed by atoms with Crippen molar-refractivity contribution in [3.63, 3.8) is 0 Å². The number of primary amides is 1. The standard InChI is InChI=1S/C35H34N2O7/c1-37(2)25-13-14-26(43-18-20-9-5-3-6-10-20)29-24(25)16-22-15-23-17-27(44-19-21-11-7-4-8-12-21)30(34(36)41)33(40)35(23,42)32(39)28(22)31(29)38/h3-14,22-23,39,42H,15-19H2,1-2H3,(H2,36,41)/t22-,23+,35+/m1/s1. The number of carbonyl (C=O) groups is 3. The van der Waals surface area contributed by atoms with Gasteiger partial charge >= 0.3 is 0 Å². The predicted molar refractivity (Wildman–Crippen MR) is 163 cm³/mol. The number of fused-ring (bicyclic) bond motifs is 3. The molecule has 3 atom stereocenters.